The number of halogens is 1. The summed E-state index contributed by atoms with van der Waals surface area (Å²) in [5.74, 6) is 1.36. The molecule has 0 aliphatic carbocycles. The average molecular weight is 436 g/mol. The smallest absolute Gasteiger partial charge is 0.143 e. The molecule has 0 saturated carbocycles. The molecular weight excluding hydrogens is 409 g/mol. The minimum Gasteiger partial charge on any atom is -0.494 e. The Morgan fingerprint density at radius 3 is 2.48 bits per heavy atom. The van der Waals surface area contributed by atoms with Crippen LogP contribution in [0.2, 0.25) is 0 Å². The molecule has 4 rings (SSSR count). The van der Waals surface area contributed by atoms with E-state index >= 15 is 0 Å². The maximum absolute atomic E-state index is 13.4. The first-order valence-electron chi connectivity index (χ1n) is 10.7. The van der Waals surface area contributed by atoms with Crippen molar-refractivity contribution in [1.29, 1.82) is 0 Å². The Hall–Kier alpha value is -2.99. The van der Waals surface area contributed by atoms with Crippen molar-refractivity contribution in [3.05, 3.63) is 65.6 Å². The van der Waals surface area contributed by atoms with Gasteiger partial charge in [0.2, 0.25) is 0 Å². The Morgan fingerprint density at radius 2 is 1.74 bits per heavy atom. The molecule has 0 aliphatic rings. The van der Waals surface area contributed by atoms with Gasteiger partial charge in [0.1, 0.15) is 28.5 Å². The molecule has 0 bridgehead atoms. The first-order valence-corrected chi connectivity index (χ1v) is 11.5. The fourth-order valence-electron chi connectivity index (χ4n) is 3.59. The van der Waals surface area contributed by atoms with E-state index in [0.717, 1.165) is 56.5 Å². The van der Waals surface area contributed by atoms with E-state index in [2.05, 4.69) is 29.1 Å². The van der Waals surface area contributed by atoms with E-state index in [9.17, 15) is 4.39 Å². The number of hydrogen-bond acceptors (Lipinski definition) is 5. The van der Waals surface area contributed by atoms with Crippen LogP contribution in [0.1, 0.15) is 37.5 Å². The van der Waals surface area contributed by atoms with Gasteiger partial charge in [0.25, 0.3) is 0 Å². The van der Waals surface area contributed by atoms with Crippen LogP contribution in [-0.2, 0) is 0 Å². The summed E-state index contributed by atoms with van der Waals surface area (Å²) >= 11 is 1.61. The third-order valence-electron chi connectivity index (χ3n) is 5.18. The number of ether oxygens (including phenoxy) is 1. The number of thiophene rings is 1. The van der Waals surface area contributed by atoms with Crippen LogP contribution in [0.3, 0.4) is 0 Å². The Morgan fingerprint density at radius 1 is 0.968 bits per heavy atom. The largest absolute Gasteiger partial charge is 0.494 e. The topological polar surface area (TPSA) is 47.0 Å². The van der Waals surface area contributed by atoms with Crippen LogP contribution >= 0.6 is 11.3 Å². The first-order chi connectivity index (χ1) is 15.2. The van der Waals surface area contributed by atoms with E-state index in [1.807, 2.05) is 24.3 Å². The number of rotatable bonds is 9. The van der Waals surface area contributed by atoms with E-state index in [-0.39, 0.29) is 5.82 Å². The highest BCUT2D eigenvalue weighted by atomic mass is 32.1. The highest BCUT2D eigenvalue weighted by Crippen LogP contribution is 2.41. The number of anilines is 2. The number of fused-ring (bicyclic) bond motifs is 1. The van der Waals surface area contributed by atoms with E-state index in [0.29, 0.717) is 0 Å². The lowest BCUT2D eigenvalue weighted by Crippen LogP contribution is -1.98. The van der Waals surface area contributed by atoms with Gasteiger partial charge in [-0.2, -0.15) is 0 Å². The molecular formula is C25H26FN3OS. The number of benzene rings is 2. The minimum absolute atomic E-state index is 0.247. The number of nitrogens with one attached hydrogen (secondary N) is 1. The first kappa shape index (κ1) is 21.2. The number of aromatic nitrogens is 2. The predicted molar refractivity (Wildman–Crippen MR) is 127 cm³/mol. The molecule has 1 N–H and O–H groups in total. The summed E-state index contributed by atoms with van der Waals surface area (Å²) in [6, 6.07) is 14.5. The van der Waals surface area contributed by atoms with Gasteiger partial charge in [-0.05, 0) is 55.3 Å². The summed E-state index contributed by atoms with van der Waals surface area (Å²) in [4.78, 5) is 11.0. The average Bonchev–Trinajstić information content (AvgIpc) is 3.12. The van der Waals surface area contributed by atoms with Crippen LogP contribution in [0.5, 0.6) is 5.75 Å². The van der Waals surface area contributed by atoms with E-state index in [4.69, 9.17) is 4.74 Å². The molecule has 2 heterocycles. The molecule has 2 aromatic heterocycles. The summed E-state index contributed by atoms with van der Waals surface area (Å²) in [5, 5.41) is 4.37. The number of unbranched alkanes of at least 4 members (excludes halogenated alkanes) is 3. The van der Waals surface area contributed by atoms with Gasteiger partial charge in [-0.1, -0.05) is 38.3 Å². The second-order valence-electron chi connectivity index (χ2n) is 7.50. The molecule has 0 fully saturated rings. The maximum Gasteiger partial charge on any atom is 0.143 e. The van der Waals surface area contributed by atoms with Crippen LogP contribution in [0, 0.1) is 12.7 Å². The second-order valence-corrected chi connectivity index (χ2v) is 8.70. The van der Waals surface area contributed by atoms with Gasteiger partial charge in [-0.15, -0.1) is 11.3 Å². The molecule has 31 heavy (non-hydrogen) atoms. The molecule has 4 nitrogen and oxygen atoms in total. The zero-order valence-corrected chi connectivity index (χ0v) is 18.6. The van der Waals surface area contributed by atoms with Crippen LogP contribution in [0.25, 0.3) is 21.3 Å². The molecule has 0 radical (unpaired) electrons. The summed E-state index contributed by atoms with van der Waals surface area (Å²) in [6.45, 7) is 5.01. The molecule has 0 saturated heterocycles. The molecule has 0 amide bonds. The lowest BCUT2D eigenvalue weighted by Gasteiger charge is -2.10. The fraction of sp³-hybridized carbons (Fsp3) is 0.280. The summed E-state index contributed by atoms with van der Waals surface area (Å²) in [5.41, 5.74) is 2.91. The SMILES string of the molecule is CCCCCCOc1ccc(Nc2ncnc3sc(C)c(-c4ccc(F)cc4)c23)cc1. The van der Waals surface area contributed by atoms with Crippen LogP contribution in [0.4, 0.5) is 15.9 Å². The normalized spacial score (nSPS) is 11.1. The Labute approximate surface area is 186 Å². The maximum atomic E-state index is 13.4. The fourth-order valence-corrected chi connectivity index (χ4v) is 4.61. The zero-order valence-electron chi connectivity index (χ0n) is 17.8. The molecule has 0 atom stereocenters. The van der Waals surface area contributed by atoms with Crippen molar-refractivity contribution in [2.45, 2.75) is 39.5 Å². The predicted octanol–water partition coefficient (Wildman–Crippen LogP) is 7.51. The summed E-state index contributed by atoms with van der Waals surface area (Å²) < 4.78 is 19.3. The van der Waals surface area contributed by atoms with Gasteiger partial charge in [0.15, 0.2) is 0 Å². The molecule has 6 heteroatoms. The van der Waals surface area contributed by atoms with Crippen molar-refractivity contribution in [1.82, 2.24) is 9.97 Å². The van der Waals surface area contributed by atoms with Crippen LogP contribution in [-0.4, -0.2) is 16.6 Å². The lowest BCUT2D eigenvalue weighted by atomic mass is 10.0. The van der Waals surface area contributed by atoms with Crippen LogP contribution in [0.15, 0.2) is 54.9 Å². The molecule has 160 valence electrons. The van der Waals surface area contributed by atoms with Crippen molar-refractivity contribution < 1.29 is 9.13 Å². The Bertz CT molecular complexity index is 1140. The second kappa shape index (κ2) is 9.88. The zero-order chi connectivity index (χ0) is 21.6. The quantitative estimate of drug-likeness (QED) is 0.276. The Kier molecular flexibility index (Phi) is 6.77. The van der Waals surface area contributed by atoms with Gasteiger partial charge in [0, 0.05) is 16.1 Å². The highest BCUT2D eigenvalue weighted by molar-refractivity contribution is 7.19. The van der Waals surface area contributed by atoms with Gasteiger partial charge >= 0.3 is 0 Å². The van der Waals surface area contributed by atoms with E-state index in [1.165, 1.54) is 31.4 Å². The van der Waals surface area contributed by atoms with Gasteiger partial charge < -0.3 is 10.1 Å². The van der Waals surface area contributed by atoms with Gasteiger partial charge in [-0.3, -0.25) is 0 Å². The van der Waals surface area contributed by atoms with Crippen molar-refractivity contribution in [2.75, 3.05) is 11.9 Å². The third-order valence-corrected chi connectivity index (χ3v) is 6.19. The molecule has 0 aliphatic heterocycles. The Balaban J connectivity index is 1.55. The molecule has 2 aromatic carbocycles. The minimum atomic E-state index is -0.247. The van der Waals surface area contributed by atoms with Crippen molar-refractivity contribution >= 4 is 33.1 Å². The molecule has 0 unspecified atom stereocenters. The van der Waals surface area contributed by atoms with E-state index < -0.39 is 0 Å². The lowest BCUT2D eigenvalue weighted by molar-refractivity contribution is 0.305. The molecule has 4 aromatic rings. The monoisotopic (exact) mass is 435 g/mol. The standard InChI is InChI=1S/C25H26FN3OS/c1-3-4-5-6-15-30-21-13-11-20(12-14-21)29-24-23-22(18-7-9-19(26)10-8-18)17(2)31-25(23)28-16-27-24/h7-14,16H,3-6,15H2,1-2H3,(H,27,28,29). The number of nitrogens with zero attached hydrogens (tertiary/aromatic N) is 2. The van der Waals surface area contributed by atoms with Crippen molar-refractivity contribution in [3.63, 3.8) is 0 Å². The molecule has 0 spiro atoms. The highest BCUT2D eigenvalue weighted by Gasteiger charge is 2.17. The van der Waals surface area contributed by atoms with Crippen LogP contribution < -0.4 is 10.1 Å². The number of aryl methyl sites for hydroxylation is 1. The van der Waals surface area contributed by atoms with Gasteiger partial charge in [-0.25, -0.2) is 14.4 Å². The number of hydrogen-bond donors (Lipinski definition) is 1. The van der Waals surface area contributed by atoms with Crippen molar-refractivity contribution in [2.24, 2.45) is 0 Å². The summed E-state index contributed by atoms with van der Waals surface area (Å²) in [6.07, 6.45) is 6.33. The van der Waals surface area contributed by atoms with Gasteiger partial charge in [0.05, 0.1) is 12.0 Å². The summed E-state index contributed by atoms with van der Waals surface area (Å²) in [7, 11) is 0. The third kappa shape index (κ3) is 5.02. The van der Waals surface area contributed by atoms with Crippen molar-refractivity contribution in [3.8, 4) is 16.9 Å². The van der Waals surface area contributed by atoms with E-state index in [1.54, 1.807) is 29.8 Å².